The molecule has 0 bridgehead atoms. The summed E-state index contributed by atoms with van der Waals surface area (Å²) >= 11 is 0.340. The number of amides is 1. The van der Waals surface area contributed by atoms with Crippen LogP contribution in [0.25, 0.3) is 0 Å². The van der Waals surface area contributed by atoms with Crippen molar-refractivity contribution in [3.05, 3.63) is 54.1 Å². The molecule has 1 aliphatic rings. The predicted molar refractivity (Wildman–Crippen MR) is 110 cm³/mol. The number of nitrogens with zero attached hydrogens (tertiary/aromatic N) is 1. The molecule has 0 unspecified atom stereocenters. The molecule has 3 rings (SSSR count). The molecule has 0 aliphatic carbocycles. The van der Waals surface area contributed by atoms with Gasteiger partial charge in [0.05, 0.1) is 10.6 Å². The zero-order chi connectivity index (χ0) is 20.9. The van der Waals surface area contributed by atoms with Gasteiger partial charge in [0.2, 0.25) is 10.0 Å². The number of carbonyl (C=O) groups excluding carboxylic acids is 1. The maximum Gasteiger partial charge on any atom is 0.288 e. The van der Waals surface area contributed by atoms with Gasteiger partial charge in [-0.15, -0.1) is 0 Å². The lowest BCUT2D eigenvalue weighted by Gasteiger charge is -2.20. The number of anilines is 1. The number of halogens is 2. The zero-order valence-electron chi connectivity index (χ0n) is 15.7. The third kappa shape index (κ3) is 5.55. The number of hydrogen-bond acceptors (Lipinski definition) is 4. The van der Waals surface area contributed by atoms with E-state index in [4.69, 9.17) is 0 Å². The summed E-state index contributed by atoms with van der Waals surface area (Å²) in [6.45, 7) is 0.938. The molecule has 1 heterocycles. The lowest BCUT2D eigenvalue weighted by molar-refractivity contribution is 0.102. The number of alkyl halides is 2. The number of para-hydroxylation sites is 1. The second-order valence-electron chi connectivity index (χ2n) is 6.67. The van der Waals surface area contributed by atoms with Crippen LogP contribution in [0.2, 0.25) is 0 Å². The van der Waals surface area contributed by atoms with Gasteiger partial charge in [-0.05, 0) is 43.2 Å². The molecule has 0 radical (unpaired) electrons. The fourth-order valence-electron chi connectivity index (χ4n) is 3.19. The quantitative estimate of drug-likeness (QED) is 0.654. The summed E-state index contributed by atoms with van der Waals surface area (Å²) in [4.78, 5) is 12.9. The molecule has 0 spiro atoms. The molecule has 5 nitrogen and oxygen atoms in total. The normalized spacial score (nSPS) is 15.8. The van der Waals surface area contributed by atoms with E-state index in [1.807, 2.05) is 0 Å². The van der Waals surface area contributed by atoms with E-state index in [0.717, 1.165) is 25.7 Å². The second kappa shape index (κ2) is 9.69. The first-order valence-corrected chi connectivity index (χ1v) is 11.7. The van der Waals surface area contributed by atoms with Gasteiger partial charge in [0.15, 0.2) is 0 Å². The number of hydrogen-bond donors (Lipinski definition) is 1. The minimum Gasteiger partial charge on any atom is -0.321 e. The van der Waals surface area contributed by atoms with Crippen molar-refractivity contribution in [2.75, 3.05) is 18.4 Å². The monoisotopic (exact) mass is 440 g/mol. The van der Waals surface area contributed by atoms with Crippen LogP contribution >= 0.6 is 11.8 Å². The number of carbonyl (C=O) groups is 1. The van der Waals surface area contributed by atoms with Crippen LogP contribution in [-0.2, 0) is 10.0 Å². The first kappa shape index (κ1) is 21.7. The standard InChI is InChI=1S/C20H22F2N2O3S2/c21-20(22)28-18-11-4-3-10-17(18)23-19(25)15-8-7-9-16(14-15)29(26,27)24-12-5-1-2-6-13-24/h3-4,7-11,14,20H,1-2,5-6,12-13H2,(H,23,25). The van der Waals surface area contributed by atoms with E-state index in [-0.39, 0.29) is 21.0 Å². The second-order valence-corrected chi connectivity index (χ2v) is 9.64. The Kier molecular flexibility index (Phi) is 7.26. The van der Waals surface area contributed by atoms with Crippen molar-refractivity contribution in [2.45, 2.75) is 41.2 Å². The third-order valence-electron chi connectivity index (χ3n) is 4.65. The maximum absolute atomic E-state index is 13.0. The first-order chi connectivity index (χ1) is 13.9. The van der Waals surface area contributed by atoms with Crippen molar-refractivity contribution in [3.8, 4) is 0 Å². The van der Waals surface area contributed by atoms with Crippen LogP contribution in [0.5, 0.6) is 0 Å². The summed E-state index contributed by atoms with van der Waals surface area (Å²) in [5, 5.41) is 2.60. The number of rotatable bonds is 6. The molecule has 1 aliphatic heterocycles. The van der Waals surface area contributed by atoms with Crippen LogP contribution in [0.1, 0.15) is 36.0 Å². The Bertz CT molecular complexity index is 960. The molecule has 0 aromatic heterocycles. The molecule has 2 aromatic carbocycles. The average molecular weight is 441 g/mol. The average Bonchev–Trinajstić information content (AvgIpc) is 2.99. The van der Waals surface area contributed by atoms with Gasteiger partial charge in [-0.2, -0.15) is 13.1 Å². The summed E-state index contributed by atoms with van der Waals surface area (Å²) in [6, 6.07) is 12.1. The van der Waals surface area contributed by atoms with Crippen molar-refractivity contribution < 1.29 is 22.0 Å². The summed E-state index contributed by atoms with van der Waals surface area (Å²) in [6.07, 6.45) is 3.64. The lowest BCUT2D eigenvalue weighted by atomic mass is 10.2. The summed E-state index contributed by atoms with van der Waals surface area (Å²) in [5.74, 6) is -3.17. The summed E-state index contributed by atoms with van der Waals surface area (Å²) in [5.41, 5.74) is 0.404. The largest absolute Gasteiger partial charge is 0.321 e. The van der Waals surface area contributed by atoms with E-state index in [1.165, 1.54) is 40.7 Å². The molecule has 0 saturated carbocycles. The molecule has 0 atom stereocenters. The molecule has 1 N–H and O–H groups in total. The number of sulfonamides is 1. The number of nitrogens with one attached hydrogen (secondary N) is 1. The number of benzene rings is 2. The molecule has 156 valence electrons. The Morgan fingerprint density at radius 1 is 1.00 bits per heavy atom. The Labute approximate surface area is 173 Å². The van der Waals surface area contributed by atoms with Crippen LogP contribution in [0.15, 0.2) is 58.3 Å². The lowest BCUT2D eigenvalue weighted by Crippen LogP contribution is -2.32. The van der Waals surface area contributed by atoms with Crippen molar-refractivity contribution in [1.82, 2.24) is 4.31 Å². The van der Waals surface area contributed by atoms with Gasteiger partial charge in [0.1, 0.15) is 0 Å². The Hall–Kier alpha value is -1.97. The molecule has 1 amide bonds. The predicted octanol–water partition coefficient (Wildman–Crippen LogP) is 4.82. The fraction of sp³-hybridized carbons (Fsp3) is 0.350. The van der Waals surface area contributed by atoms with Gasteiger partial charge < -0.3 is 5.32 Å². The molecule has 1 fully saturated rings. The molecule has 9 heteroatoms. The Morgan fingerprint density at radius 2 is 1.69 bits per heavy atom. The number of thioether (sulfide) groups is 1. The van der Waals surface area contributed by atoms with Gasteiger partial charge in [-0.25, -0.2) is 8.42 Å². The smallest absolute Gasteiger partial charge is 0.288 e. The Morgan fingerprint density at radius 3 is 2.38 bits per heavy atom. The van der Waals surface area contributed by atoms with Crippen LogP contribution in [-0.4, -0.2) is 37.5 Å². The highest BCUT2D eigenvalue weighted by molar-refractivity contribution is 7.99. The van der Waals surface area contributed by atoms with E-state index >= 15 is 0 Å². The van der Waals surface area contributed by atoms with Crippen molar-refractivity contribution >= 4 is 33.4 Å². The van der Waals surface area contributed by atoms with E-state index in [1.54, 1.807) is 12.1 Å². The van der Waals surface area contributed by atoms with Gasteiger partial charge in [-0.3, -0.25) is 4.79 Å². The van der Waals surface area contributed by atoms with Crippen LogP contribution < -0.4 is 5.32 Å². The minimum absolute atomic E-state index is 0.0577. The highest BCUT2D eigenvalue weighted by atomic mass is 32.2. The Balaban J connectivity index is 1.81. The molecule has 1 saturated heterocycles. The highest BCUT2D eigenvalue weighted by Gasteiger charge is 2.26. The summed E-state index contributed by atoms with van der Waals surface area (Å²) in [7, 11) is -3.69. The van der Waals surface area contributed by atoms with Crippen molar-refractivity contribution in [3.63, 3.8) is 0 Å². The molecular formula is C20H22F2N2O3S2. The SMILES string of the molecule is O=C(Nc1ccccc1SC(F)F)c1cccc(S(=O)(=O)N2CCCCCC2)c1. The highest BCUT2D eigenvalue weighted by Crippen LogP contribution is 2.32. The zero-order valence-corrected chi connectivity index (χ0v) is 17.3. The third-order valence-corrected chi connectivity index (χ3v) is 7.33. The van der Waals surface area contributed by atoms with Crippen molar-refractivity contribution in [1.29, 1.82) is 0 Å². The van der Waals surface area contributed by atoms with Gasteiger partial charge in [-0.1, -0.05) is 42.8 Å². The van der Waals surface area contributed by atoms with E-state index in [2.05, 4.69) is 5.32 Å². The van der Waals surface area contributed by atoms with Crippen LogP contribution in [0, 0.1) is 0 Å². The molecule has 29 heavy (non-hydrogen) atoms. The van der Waals surface area contributed by atoms with E-state index in [9.17, 15) is 22.0 Å². The fourth-order valence-corrected chi connectivity index (χ4v) is 5.35. The van der Waals surface area contributed by atoms with E-state index < -0.39 is 21.7 Å². The minimum atomic E-state index is -3.69. The molecular weight excluding hydrogens is 418 g/mol. The molecule has 2 aromatic rings. The van der Waals surface area contributed by atoms with Gasteiger partial charge in [0, 0.05) is 23.5 Å². The maximum atomic E-state index is 13.0. The van der Waals surface area contributed by atoms with Crippen LogP contribution in [0.4, 0.5) is 14.5 Å². The van der Waals surface area contributed by atoms with Gasteiger partial charge >= 0.3 is 0 Å². The summed E-state index contributed by atoms with van der Waals surface area (Å²) < 4.78 is 52.8. The van der Waals surface area contributed by atoms with E-state index in [0.29, 0.717) is 24.9 Å². The first-order valence-electron chi connectivity index (χ1n) is 9.33. The van der Waals surface area contributed by atoms with Crippen molar-refractivity contribution in [2.24, 2.45) is 0 Å². The van der Waals surface area contributed by atoms with Gasteiger partial charge in [0.25, 0.3) is 11.7 Å². The van der Waals surface area contributed by atoms with Crippen LogP contribution in [0.3, 0.4) is 0 Å². The topological polar surface area (TPSA) is 66.5 Å².